The third kappa shape index (κ3) is 10.5. The standard InChI is InChI=1S/C35H56N10O9/c1-33(2,3)53-31(48)43-15-13-37-12-14-42(16-17-44(19-18-43)32(49)54-34(4,5)6)22(46)10-9-11-38-29(47)25-24-26(52-35(7,8)51-24)30(50-25)45-21-41-23-27(36)39-20-40-28(23)45/h20-21,24-26,30,37H,9-19H2,1-8H3,(H,38,47)(H2,36,39,40)/t24-,25+,26-,30-/m1/s1. The Hall–Kier alpha value is -4.33. The van der Waals surface area contributed by atoms with E-state index in [1.165, 1.54) is 17.6 Å². The van der Waals surface area contributed by atoms with E-state index in [1.54, 1.807) is 69.8 Å². The number of nitrogens with two attached hydrogens (primary N) is 1. The lowest BCUT2D eigenvalue weighted by Crippen LogP contribution is -2.50. The van der Waals surface area contributed by atoms with Crippen LogP contribution in [0, 0.1) is 0 Å². The van der Waals surface area contributed by atoms with E-state index in [4.69, 9.17) is 29.4 Å². The molecule has 4 atom stereocenters. The molecule has 0 aromatic carbocycles. The molecule has 3 aliphatic rings. The van der Waals surface area contributed by atoms with Crippen LogP contribution in [0.1, 0.15) is 74.5 Å². The van der Waals surface area contributed by atoms with Gasteiger partial charge in [0, 0.05) is 65.3 Å². The predicted octanol–water partition coefficient (Wildman–Crippen LogP) is 1.63. The summed E-state index contributed by atoms with van der Waals surface area (Å²) in [5.41, 5.74) is 5.43. The van der Waals surface area contributed by atoms with Crippen LogP contribution in [0.3, 0.4) is 0 Å². The molecule has 54 heavy (non-hydrogen) atoms. The normalized spacial score (nSPS) is 24.0. The van der Waals surface area contributed by atoms with Crippen molar-refractivity contribution in [3.05, 3.63) is 12.7 Å². The van der Waals surface area contributed by atoms with Gasteiger partial charge in [0.15, 0.2) is 29.6 Å². The average Bonchev–Trinajstić information content (AvgIpc) is 3.72. The number of amides is 4. The molecule has 4 amide bonds. The number of carbonyl (C=O) groups excluding carboxylic acids is 4. The van der Waals surface area contributed by atoms with E-state index in [-0.39, 0.29) is 50.9 Å². The van der Waals surface area contributed by atoms with Crippen LogP contribution in [-0.2, 0) is 33.3 Å². The number of fused-ring (bicyclic) bond motifs is 2. The molecule has 4 N–H and O–H groups in total. The summed E-state index contributed by atoms with van der Waals surface area (Å²) in [6.45, 7) is 17.1. The van der Waals surface area contributed by atoms with Crippen molar-refractivity contribution in [3.8, 4) is 0 Å². The first-order chi connectivity index (χ1) is 25.3. The summed E-state index contributed by atoms with van der Waals surface area (Å²) in [4.78, 5) is 70.6. The van der Waals surface area contributed by atoms with Gasteiger partial charge in [-0.25, -0.2) is 24.5 Å². The Morgan fingerprint density at radius 3 is 2.07 bits per heavy atom. The van der Waals surface area contributed by atoms with Crippen LogP contribution in [0.4, 0.5) is 15.4 Å². The molecular weight excluding hydrogens is 704 g/mol. The quantitative estimate of drug-likeness (QED) is 0.357. The lowest BCUT2D eigenvalue weighted by molar-refractivity contribution is -0.197. The van der Waals surface area contributed by atoms with E-state index >= 15 is 0 Å². The third-order valence-electron chi connectivity index (χ3n) is 8.87. The number of aromatic nitrogens is 4. The molecule has 19 nitrogen and oxygen atoms in total. The van der Waals surface area contributed by atoms with Crippen molar-refractivity contribution in [3.63, 3.8) is 0 Å². The second-order valence-electron chi connectivity index (χ2n) is 16.1. The van der Waals surface area contributed by atoms with Crippen molar-refractivity contribution < 1.29 is 42.9 Å². The molecule has 0 bridgehead atoms. The number of nitrogens with one attached hydrogen (secondary N) is 2. The lowest BCUT2D eigenvalue weighted by atomic mass is 10.1. The van der Waals surface area contributed by atoms with Crippen LogP contribution in [-0.4, -0.2) is 152 Å². The molecule has 2 aromatic rings. The van der Waals surface area contributed by atoms with Gasteiger partial charge in [0.2, 0.25) is 5.91 Å². The van der Waals surface area contributed by atoms with Gasteiger partial charge < -0.3 is 54.8 Å². The van der Waals surface area contributed by atoms with Crippen LogP contribution in [0.2, 0.25) is 0 Å². The van der Waals surface area contributed by atoms with Gasteiger partial charge in [-0.05, 0) is 61.8 Å². The zero-order valence-electron chi connectivity index (χ0n) is 32.6. The minimum absolute atomic E-state index is 0.123. The molecule has 3 saturated heterocycles. The van der Waals surface area contributed by atoms with Crippen molar-refractivity contribution in [1.82, 2.24) is 44.9 Å². The Bertz CT molecular complexity index is 1660. The lowest BCUT2D eigenvalue weighted by Gasteiger charge is -2.33. The second-order valence-corrected chi connectivity index (χ2v) is 16.1. The Morgan fingerprint density at radius 2 is 1.44 bits per heavy atom. The van der Waals surface area contributed by atoms with Crippen LogP contribution >= 0.6 is 0 Å². The van der Waals surface area contributed by atoms with Gasteiger partial charge in [0.1, 0.15) is 35.3 Å². The first kappa shape index (κ1) is 40.8. The van der Waals surface area contributed by atoms with E-state index in [0.29, 0.717) is 43.8 Å². The average molecular weight is 761 g/mol. The summed E-state index contributed by atoms with van der Waals surface area (Å²) in [6.07, 6.45) is -0.719. The van der Waals surface area contributed by atoms with Crippen molar-refractivity contribution in [1.29, 1.82) is 0 Å². The summed E-state index contributed by atoms with van der Waals surface area (Å²) >= 11 is 0. The molecule has 2 aromatic heterocycles. The maximum atomic E-state index is 13.5. The number of ether oxygens (including phenoxy) is 5. The fourth-order valence-electron chi connectivity index (χ4n) is 6.42. The zero-order chi connectivity index (χ0) is 39.4. The molecule has 5 rings (SSSR count). The Balaban J connectivity index is 1.17. The molecule has 0 spiro atoms. The highest BCUT2D eigenvalue weighted by molar-refractivity contribution is 5.83. The number of imidazole rings is 1. The summed E-state index contributed by atoms with van der Waals surface area (Å²) < 4.78 is 31.4. The van der Waals surface area contributed by atoms with E-state index in [2.05, 4.69) is 25.6 Å². The highest BCUT2D eigenvalue weighted by Gasteiger charge is 2.58. The topological polar surface area (TPSA) is 218 Å². The molecule has 0 unspecified atom stereocenters. The van der Waals surface area contributed by atoms with E-state index in [0.717, 1.165) is 0 Å². The molecular formula is C35H56N10O9. The fourth-order valence-corrected chi connectivity index (χ4v) is 6.42. The van der Waals surface area contributed by atoms with Gasteiger partial charge in [0.25, 0.3) is 5.91 Å². The first-order valence-corrected chi connectivity index (χ1v) is 18.5. The largest absolute Gasteiger partial charge is 0.444 e. The van der Waals surface area contributed by atoms with Crippen LogP contribution < -0.4 is 16.4 Å². The molecule has 300 valence electrons. The highest BCUT2D eigenvalue weighted by Crippen LogP contribution is 2.44. The van der Waals surface area contributed by atoms with Gasteiger partial charge in [-0.3, -0.25) is 14.2 Å². The van der Waals surface area contributed by atoms with Crippen LogP contribution in [0.5, 0.6) is 0 Å². The maximum Gasteiger partial charge on any atom is 0.410 e. The minimum Gasteiger partial charge on any atom is -0.444 e. The first-order valence-electron chi connectivity index (χ1n) is 18.5. The van der Waals surface area contributed by atoms with Crippen molar-refractivity contribution in [2.75, 3.05) is 64.6 Å². The molecule has 5 heterocycles. The van der Waals surface area contributed by atoms with Gasteiger partial charge in [-0.15, -0.1) is 0 Å². The monoisotopic (exact) mass is 760 g/mol. The summed E-state index contributed by atoms with van der Waals surface area (Å²) in [5.74, 6) is -1.26. The Labute approximate surface area is 315 Å². The number of nitrogen functional groups attached to an aromatic ring is 1. The summed E-state index contributed by atoms with van der Waals surface area (Å²) in [7, 11) is 0. The Kier molecular flexibility index (Phi) is 12.5. The molecule has 3 fully saturated rings. The van der Waals surface area contributed by atoms with Gasteiger partial charge in [0.05, 0.1) is 6.33 Å². The van der Waals surface area contributed by atoms with E-state index in [9.17, 15) is 19.2 Å². The third-order valence-corrected chi connectivity index (χ3v) is 8.87. The number of carbonyl (C=O) groups is 4. The van der Waals surface area contributed by atoms with Crippen molar-refractivity contribution in [2.45, 2.75) is 110 Å². The highest BCUT2D eigenvalue weighted by atomic mass is 16.8. The molecule has 19 heteroatoms. The smallest absolute Gasteiger partial charge is 0.410 e. The van der Waals surface area contributed by atoms with Crippen LogP contribution in [0.25, 0.3) is 11.2 Å². The minimum atomic E-state index is -1.000. The van der Waals surface area contributed by atoms with Gasteiger partial charge in [-0.1, -0.05) is 0 Å². The van der Waals surface area contributed by atoms with Gasteiger partial charge in [-0.2, -0.15) is 0 Å². The van der Waals surface area contributed by atoms with Crippen molar-refractivity contribution >= 4 is 41.0 Å². The molecule has 0 radical (unpaired) electrons. The Morgan fingerprint density at radius 1 is 0.870 bits per heavy atom. The van der Waals surface area contributed by atoms with E-state index < -0.39 is 59.6 Å². The SMILES string of the molecule is CC(C)(C)OC(=O)N1CCNCCN(C(=O)CCCNC(=O)[C@H]2O[C@@H](n3cnc4c(N)ncnc43)[C@@H]3OC(C)(C)O[C@@H]32)CCN(C(=O)OC(C)(C)C)CC1. The predicted molar refractivity (Wildman–Crippen MR) is 195 cm³/mol. The van der Waals surface area contributed by atoms with E-state index in [1.807, 2.05) is 0 Å². The number of anilines is 1. The zero-order valence-corrected chi connectivity index (χ0v) is 32.6. The maximum absolute atomic E-state index is 13.5. The number of hydrogen-bond donors (Lipinski definition) is 3. The second kappa shape index (κ2) is 16.6. The van der Waals surface area contributed by atoms with Crippen molar-refractivity contribution in [2.24, 2.45) is 0 Å². The molecule has 3 aliphatic heterocycles. The number of rotatable bonds is 6. The number of nitrogens with zero attached hydrogens (tertiary/aromatic N) is 7. The number of hydrogen-bond acceptors (Lipinski definition) is 14. The fraction of sp³-hybridized carbons (Fsp3) is 0.743. The molecule has 0 aliphatic carbocycles. The van der Waals surface area contributed by atoms with Crippen LogP contribution in [0.15, 0.2) is 12.7 Å². The van der Waals surface area contributed by atoms with Gasteiger partial charge >= 0.3 is 12.2 Å². The molecule has 0 saturated carbocycles. The summed E-state index contributed by atoms with van der Waals surface area (Å²) in [5, 5.41) is 6.20. The summed E-state index contributed by atoms with van der Waals surface area (Å²) in [6, 6.07) is 0.